The summed E-state index contributed by atoms with van der Waals surface area (Å²) < 4.78 is 5.33. The van der Waals surface area contributed by atoms with Crippen molar-refractivity contribution in [2.45, 2.75) is 6.92 Å². The van der Waals surface area contributed by atoms with Gasteiger partial charge in [-0.25, -0.2) is 4.79 Å². The highest BCUT2D eigenvalue weighted by molar-refractivity contribution is 6.22. The Balaban J connectivity index is 1.79. The maximum Gasteiger partial charge on any atom is 0.343 e. The van der Waals surface area contributed by atoms with E-state index in [1.54, 1.807) is 12.1 Å². The number of fused-ring (bicyclic) bond motifs is 1. The number of likely N-dealkylation sites (N-methyl/N-ethyl adjacent to an activating group) is 1. The van der Waals surface area contributed by atoms with Crippen LogP contribution in [-0.2, 0) is 0 Å². The van der Waals surface area contributed by atoms with Gasteiger partial charge in [0, 0.05) is 13.1 Å². The van der Waals surface area contributed by atoms with Gasteiger partial charge < -0.3 is 9.64 Å². The predicted octanol–water partition coefficient (Wildman–Crippen LogP) is 2.37. The summed E-state index contributed by atoms with van der Waals surface area (Å²) in [5, 5.41) is 0. The first-order valence-electron chi connectivity index (χ1n) is 8.30. The van der Waals surface area contributed by atoms with Gasteiger partial charge in [0.15, 0.2) is 0 Å². The summed E-state index contributed by atoms with van der Waals surface area (Å²) in [6.07, 6.45) is 0. The second-order valence-electron chi connectivity index (χ2n) is 6.53. The monoisotopic (exact) mass is 352 g/mol. The van der Waals surface area contributed by atoms with Crippen molar-refractivity contribution in [3.8, 4) is 5.75 Å². The molecule has 0 atom stereocenters. The predicted molar refractivity (Wildman–Crippen MR) is 96.5 cm³/mol. The van der Waals surface area contributed by atoms with Crippen molar-refractivity contribution in [1.82, 2.24) is 9.80 Å². The normalized spacial score (nSPS) is 13.3. The number of benzene rings is 2. The molecule has 0 aromatic heterocycles. The van der Waals surface area contributed by atoms with Gasteiger partial charge in [-0.2, -0.15) is 0 Å². The lowest BCUT2D eigenvalue weighted by molar-refractivity contribution is 0.0644. The van der Waals surface area contributed by atoms with Gasteiger partial charge in [0.1, 0.15) is 5.75 Å². The van der Waals surface area contributed by atoms with Crippen LogP contribution in [0.25, 0.3) is 0 Å². The van der Waals surface area contributed by atoms with Gasteiger partial charge >= 0.3 is 5.97 Å². The van der Waals surface area contributed by atoms with Gasteiger partial charge in [0.05, 0.1) is 16.7 Å². The molecule has 6 heteroatoms. The Morgan fingerprint density at radius 1 is 1.00 bits per heavy atom. The van der Waals surface area contributed by atoms with Crippen LogP contribution in [0.2, 0.25) is 0 Å². The minimum atomic E-state index is -0.566. The Bertz CT molecular complexity index is 872. The van der Waals surface area contributed by atoms with Crippen LogP contribution in [0.4, 0.5) is 0 Å². The van der Waals surface area contributed by atoms with Crippen LogP contribution in [0.3, 0.4) is 0 Å². The third-order valence-corrected chi connectivity index (χ3v) is 4.21. The van der Waals surface area contributed by atoms with Crippen molar-refractivity contribution in [1.29, 1.82) is 0 Å². The summed E-state index contributed by atoms with van der Waals surface area (Å²) in [7, 11) is 3.74. The van der Waals surface area contributed by atoms with Crippen molar-refractivity contribution < 1.29 is 19.1 Å². The molecule has 0 N–H and O–H groups in total. The molecule has 1 aliphatic rings. The zero-order valence-corrected chi connectivity index (χ0v) is 15.0. The molecule has 26 heavy (non-hydrogen) atoms. The Morgan fingerprint density at radius 3 is 2.31 bits per heavy atom. The lowest BCUT2D eigenvalue weighted by atomic mass is 10.1. The molecule has 0 fully saturated rings. The van der Waals surface area contributed by atoms with Crippen molar-refractivity contribution in [2.24, 2.45) is 0 Å². The highest BCUT2D eigenvalue weighted by atomic mass is 16.5. The number of amides is 2. The van der Waals surface area contributed by atoms with Crippen LogP contribution in [0.5, 0.6) is 5.75 Å². The first-order valence-corrected chi connectivity index (χ1v) is 8.30. The van der Waals surface area contributed by atoms with Gasteiger partial charge in [-0.15, -0.1) is 0 Å². The second kappa shape index (κ2) is 7.09. The fraction of sp³-hybridized carbons (Fsp3) is 0.250. The molecule has 1 aliphatic heterocycles. The van der Waals surface area contributed by atoms with E-state index in [0.29, 0.717) is 24.4 Å². The topological polar surface area (TPSA) is 66.9 Å². The summed E-state index contributed by atoms with van der Waals surface area (Å²) in [6.45, 7) is 2.83. The molecule has 0 unspecified atom stereocenters. The first-order chi connectivity index (χ1) is 12.4. The number of hydrogen-bond acceptors (Lipinski definition) is 5. The Hall–Kier alpha value is -2.99. The van der Waals surface area contributed by atoms with Gasteiger partial charge in [0.2, 0.25) is 0 Å². The third-order valence-electron chi connectivity index (χ3n) is 4.21. The first kappa shape index (κ1) is 17.8. The average Bonchev–Trinajstić information content (AvgIpc) is 2.85. The number of ether oxygens (including phenoxy) is 1. The van der Waals surface area contributed by atoms with Gasteiger partial charge in [-0.3, -0.25) is 14.5 Å². The van der Waals surface area contributed by atoms with E-state index in [0.717, 1.165) is 5.56 Å². The lowest BCUT2D eigenvalue weighted by Crippen LogP contribution is -2.35. The Morgan fingerprint density at radius 2 is 1.65 bits per heavy atom. The van der Waals surface area contributed by atoms with Crippen molar-refractivity contribution >= 4 is 17.8 Å². The quantitative estimate of drug-likeness (QED) is 0.469. The number of imide groups is 1. The molecule has 0 radical (unpaired) electrons. The van der Waals surface area contributed by atoms with E-state index in [1.807, 2.05) is 38.1 Å². The van der Waals surface area contributed by atoms with Crippen molar-refractivity contribution in [3.63, 3.8) is 0 Å². The molecule has 0 saturated carbocycles. The summed E-state index contributed by atoms with van der Waals surface area (Å²) >= 11 is 0. The smallest absolute Gasteiger partial charge is 0.343 e. The lowest BCUT2D eigenvalue weighted by Gasteiger charge is -2.16. The molecule has 0 spiro atoms. The molecule has 6 nitrogen and oxygen atoms in total. The van der Waals surface area contributed by atoms with E-state index >= 15 is 0 Å². The molecule has 0 saturated heterocycles. The molecule has 2 aromatic carbocycles. The number of aryl methyl sites for hydroxylation is 1. The number of nitrogens with zero attached hydrogens (tertiary/aromatic N) is 2. The van der Waals surface area contributed by atoms with E-state index in [2.05, 4.69) is 0 Å². The number of carbonyl (C=O) groups is 3. The zero-order chi connectivity index (χ0) is 18.8. The van der Waals surface area contributed by atoms with Crippen LogP contribution >= 0.6 is 0 Å². The van der Waals surface area contributed by atoms with Gasteiger partial charge in [0.25, 0.3) is 11.8 Å². The Labute approximate surface area is 152 Å². The summed E-state index contributed by atoms with van der Waals surface area (Å²) in [6, 6.07) is 11.6. The van der Waals surface area contributed by atoms with Gasteiger partial charge in [-0.1, -0.05) is 17.7 Å². The minimum absolute atomic E-state index is 0.236. The number of rotatable bonds is 5. The number of hydrogen-bond donors (Lipinski definition) is 0. The van der Waals surface area contributed by atoms with Crippen LogP contribution in [-0.4, -0.2) is 54.8 Å². The van der Waals surface area contributed by atoms with Gasteiger partial charge in [-0.05, 0) is 51.4 Å². The Kier molecular flexibility index (Phi) is 4.86. The molecule has 2 amide bonds. The molecular formula is C20H20N2O4. The molecule has 0 aliphatic carbocycles. The second-order valence-corrected chi connectivity index (χ2v) is 6.53. The molecule has 1 heterocycles. The summed E-state index contributed by atoms with van der Waals surface area (Å²) in [5.74, 6) is -0.845. The number of carbonyl (C=O) groups excluding carboxylic acids is 3. The largest absolute Gasteiger partial charge is 0.423 e. The van der Waals surface area contributed by atoms with Crippen LogP contribution in [0, 0.1) is 6.92 Å². The fourth-order valence-corrected chi connectivity index (χ4v) is 2.69. The molecule has 0 bridgehead atoms. The molecule has 2 aromatic rings. The maximum absolute atomic E-state index is 12.5. The third kappa shape index (κ3) is 3.50. The SMILES string of the molecule is Cc1ccc(OC(=O)c2ccc3c(c2)C(=O)N(CCN(C)C)C3=O)cc1. The van der Waals surface area contributed by atoms with E-state index in [9.17, 15) is 14.4 Å². The fourth-order valence-electron chi connectivity index (χ4n) is 2.69. The maximum atomic E-state index is 12.5. The minimum Gasteiger partial charge on any atom is -0.423 e. The molecule has 3 rings (SSSR count). The zero-order valence-electron chi connectivity index (χ0n) is 15.0. The average molecular weight is 352 g/mol. The van der Waals surface area contributed by atoms with Crippen molar-refractivity contribution in [3.05, 3.63) is 64.7 Å². The van der Waals surface area contributed by atoms with E-state index in [4.69, 9.17) is 4.74 Å². The van der Waals surface area contributed by atoms with Crippen LogP contribution < -0.4 is 4.74 Å². The highest BCUT2D eigenvalue weighted by Crippen LogP contribution is 2.24. The summed E-state index contributed by atoms with van der Waals surface area (Å²) in [4.78, 5) is 40.4. The highest BCUT2D eigenvalue weighted by Gasteiger charge is 2.35. The number of esters is 1. The van der Waals surface area contributed by atoms with E-state index in [-0.39, 0.29) is 22.9 Å². The van der Waals surface area contributed by atoms with Crippen molar-refractivity contribution in [2.75, 3.05) is 27.2 Å². The molecule has 134 valence electrons. The molecular weight excluding hydrogens is 332 g/mol. The standard InChI is InChI=1S/C20H20N2O4/c1-13-4-7-15(8-5-13)26-20(25)14-6-9-16-17(12-14)19(24)22(18(16)23)11-10-21(2)3/h4-9,12H,10-11H2,1-3H3. The van der Waals surface area contributed by atoms with E-state index in [1.165, 1.54) is 23.1 Å². The van der Waals surface area contributed by atoms with Crippen LogP contribution in [0.1, 0.15) is 36.6 Å². The summed E-state index contributed by atoms with van der Waals surface area (Å²) in [5.41, 5.74) is 1.86. The van der Waals surface area contributed by atoms with E-state index < -0.39 is 5.97 Å². The van der Waals surface area contributed by atoms with Crippen LogP contribution in [0.15, 0.2) is 42.5 Å².